The monoisotopic (exact) mass is 316 g/mol. The largest absolute Gasteiger partial charge is 0.463 e. The van der Waals surface area contributed by atoms with E-state index in [1.807, 2.05) is 0 Å². The molecule has 3 saturated carbocycles. The second-order valence-corrected chi connectivity index (χ2v) is 9.32. The van der Waals surface area contributed by atoms with E-state index in [9.17, 15) is 4.79 Å². The average molecular weight is 316 g/mol. The van der Waals surface area contributed by atoms with Crippen molar-refractivity contribution in [1.29, 1.82) is 0 Å². The lowest BCUT2D eigenvalue weighted by Gasteiger charge is -2.56. The number of esters is 1. The molecule has 0 aromatic carbocycles. The summed E-state index contributed by atoms with van der Waals surface area (Å²) in [5.74, 6) is 2.40. The Bertz CT molecular complexity index is 536. The smallest absolute Gasteiger partial charge is 0.302 e. The van der Waals surface area contributed by atoms with Gasteiger partial charge in [-0.3, -0.25) is 4.79 Å². The summed E-state index contributed by atoms with van der Waals surface area (Å²) < 4.78 is 5.55. The molecule has 3 fully saturated rings. The van der Waals surface area contributed by atoms with Crippen LogP contribution in [-0.2, 0) is 9.53 Å². The molecule has 4 aliphatic rings. The third-order valence-electron chi connectivity index (χ3n) is 8.08. The fraction of sp³-hybridized carbons (Fsp3) is 0.857. The van der Waals surface area contributed by atoms with Crippen LogP contribution in [0.4, 0.5) is 0 Å². The molecule has 6 unspecified atom stereocenters. The highest BCUT2D eigenvalue weighted by atomic mass is 16.5. The number of carbonyl (C=O) groups excluding carboxylic acids is 1. The van der Waals surface area contributed by atoms with Crippen molar-refractivity contribution in [3.63, 3.8) is 0 Å². The fourth-order valence-corrected chi connectivity index (χ4v) is 6.82. The minimum absolute atomic E-state index is 0.106. The van der Waals surface area contributed by atoms with Gasteiger partial charge in [-0.2, -0.15) is 0 Å². The standard InChI is InChI=1S/C21H32O2/c1-14(22)23-16-8-12-21(3)15(13-16)6-7-17-18-5-4-10-20(18,2)11-9-19(17)21/h9,15-18H,4-8,10-13H2,1-3H3. The van der Waals surface area contributed by atoms with Crippen molar-refractivity contribution in [2.75, 3.05) is 0 Å². The molecule has 0 aliphatic heterocycles. The van der Waals surface area contributed by atoms with Gasteiger partial charge < -0.3 is 4.74 Å². The Hall–Kier alpha value is -0.790. The van der Waals surface area contributed by atoms with E-state index in [1.54, 1.807) is 12.5 Å². The van der Waals surface area contributed by atoms with Crippen LogP contribution in [-0.4, -0.2) is 12.1 Å². The van der Waals surface area contributed by atoms with Crippen LogP contribution >= 0.6 is 0 Å². The summed E-state index contributed by atoms with van der Waals surface area (Å²) in [7, 11) is 0. The van der Waals surface area contributed by atoms with Crippen molar-refractivity contribution in [2.45, 2.75) is 84.7 Å². The van der Waals surface area contributed by atoms with Crippen LogP contribution in [0.1, 0.15) is 78.6 Å². The van der Waals surface area contributed by atoms with Gasteiger partial charge in [0.05, 0.1) is 0 Å². The number of hydrogen-bond donors (Lipinski definition) is 0. The van der Waals surface area contributed by atoms with Crippen LogP contribution in [0.25, 0.3) is 0 Å². The second-order valence-electron chi connectivity index (χ2n) is 9.32. The van der Waals surface area contributed by atoms with Gasteiger partial charge in [0.1, 0.15) is 6.10 Å². The van der Waals surface area contributed by atoms with Gasteiger partial charge in [-0.1, -0.05) is 31.9 Å². The first kappa shape index (κ1) is 15.7. The van der Waals surface area contributed by atoms with Crippen LogP contribution in [0.2, 0.25) is 0 Å². The van der Waals surface area contributed by atoms with E-state index in [1.165, 1.54) is 44.9 Å². The summed E-state index contributed by atoms with van der Waals surface area (Å²) >= 11 is 0. The quantitative estimate of drug-likeness (QED) is 0.486. The van der Waals surface area contributed by atoms with Crippen molar-refractivity contribution in [2.24, 2.45) is 28.6 Å². The van der Waals surface area contributed by atoms with Crippen molar-refractivity contribution in [3.8, 4) is 0 Å². The first-order valence-electron chi connectivity index (χ1n) is 9.80. The molecule has 0 saturated heterocycles. The summed E-state index contributed by atoms with van der Waals surface area (Å²) in [5.41, 5.74) is 2.77. The highest BCUT2D eigenvalue weighted by molar-refractivity contribution is 5.66. The van der Waals surface area contributed by atoms with Gasteiger partial charge in [0, 0.05) is 6.92 Å². The van der Waals surface area contributed by atoms with E-state index < -0.39 is 0 Å². The lowest BCUT2D eigenvalue weighted by molar-refractivity contribution is -0.151. The van der Waals surface area contributed by atoms with Crippen LogP contribution in [0.5, 0.6) is 0 Å². The Labute approximate surface area is 141 Å². The van der Waals surface area contributed by atoms with Gasteiger partial charge in [-0.05, 0) is 80.0 Å². The highest BCUT2D eigenvalue weighted by Crippen LogP contribution is 2.64. The molecule has 4 rings (SSSR count). The molecule has 23 heavy (non-hydrogen) atoms. The van der Waals surface area contributed by atoms with Gasteiger partial charge in [0.25, 0.3) is 0 Å². The lowest BCUT2D eigenvalue weighted by Crippen LogP contribution is -2.48. The molecule has 0 radical (unpaired) electrons. The van der Waals surface area contributed by atoms with Crippen LogP contribution in [0, 0.1) is 28.6 Å². The molecule has 4 aliphatic carbocycles. The molecule has 2 heteroatoms. The fourth-order valence-electron chi connectivity index (χ4n) is 6.82. The third-order valence-corrected chi connectivity index (χ3v) is 8.08. The molecular formula is C21H32O2. The Morgan fingerprint density at radius 3 is 2.78 bits per heavy atom. The van der Waals surface area contributed by atoms with Gasteiger partial charge in [0.15, 0.2) is 0 Å². The van der Waals surface area contributed by atoms with E-state index in [-0.39, 0.29) is 12.1 Å². The number of hydrogen-bond acceptors (Lipinski definition) is 2. The zero-order chi connectivity index (χ0) is 16.2. The normalized spacial score (nSPS) is 48.7. The van der Waals surface area contributed by atoms with Gasteiger partial charge >= 0.3 is 5.97 Å². The molecule has 128 valence electrons. The summed E-state index contributed by atoms with van der Waals surface area (Å²) in [5, 5.41) is 0. The van der Waals surface area contributed by atoms with E-state index in [4.69, 9.17) is 4.74 Å². The van der Waals surface area contributed by atoms with E-state index in [0.717, 1.165) is 24.7 Å². The van der Waals surface area contributed by atoms with Crippen molar-refractivity contribution in [3.05, 3.63) is 11.6 Å². The minimum Gasteiger partial charge on any atom is -0.463 e. The molecule has 0 spiro atoms. The number of carbonyl (C=O) groups is 1. The summed E-state index contributed by atoms with van der Waals surface area (Å²) in [4.78, 5) is 11.3. The topological polar surface area (TPSA) is 26.3 Å². The zero-order valence-corrected chi connectivity index (χ0v) is 15.1. The maximum absolute atomic E-state index is 11.3. The molecule has 6 atom stereocenters. The Morgan fingerprint density at radius 2 is 2.00 bits per heavy atom. The number of fused-ring (bicyclic) bond motifs is 5. The maximum atomic E-state index is 11.3. The predicted molar refractivity (Wildman–Crippen MR) is 91.9 cm³/mol. The predicted octanol–water partition coefficient (Wildman–Crippen LogP) is 5.27. The van der Waals surface area contributed by atoms with E-state index in [2.05, 4.69) is 19.9 Å². The van der Waals surface area contributed by atoms with Crippen molar-refractivity contribution in [1.82, 2.24) is 0 Å². The third kappa shape index (κ3) is 2.39. The van der Waals surface area contributed by atoms with Crippen molar-refractivity contribution < 1.29 is 9.53 Å². The molecule has 2 nitrogen and oxygen atoms in total. The zero-order valence-electron chi connectivity index (χ0n) is 15.1. The molecule has 0 bridgehead atoms. The summed E-state index contributed by atoms with van der Waals surface area (Å²) in [6, 6.07) is 0. The highest BCUT2D eigenvalue weighted by Gasteiger charge is 2.54. The number of rotatable bonds is 1. The number of ether oxygens (including phenoxy) is 1. The summed E-state index contributed by atoms with van der Waals surface area (Å²) in [6.45, 7) is 6.62. The van der Waals surface area contributed by atoms with Gasteiger partial charge in [-0.15, -0.1) is 0 Å². The first-order chi connectivity index (χ1) is 10.9. The summed E-state index contributed by atoms with van der Waals surface area (Å²) in [6.07, 6.45) is 14.5. The number of allylic oxidation sites excluding steroid dienone is 2. The van der Waals surface area contributed by atoms with Crippen LogP contribution in [0.15, 0.2) is 11.6 Å². The molecule has 0 aromatic rings. The van der Waals surface area contributed by atoms with Crippen LogP contribution in [0.3, 0.4) is 0 Å². The SMILES string of the molecule is CC(=O)OC1CCC2(C)C3=CCC4(C)CCCC4C3CCC2C1. The molecule has 0 aromatic heterocycles. The Balaban J connectivity index is 1.58. The minimum atomic E-state index is -0.106. The maximum Gasteiger partial charge on any atom is 0.302 e. The van der Waals surface area contributed by atoms with E-state index >= 15 is 0 Å². The molecular weight excluding hydrogens is 284 g/mol. The molecule has 0 N–H and O–H groups in total. The second kappa shape index (κ2) is 5.36. The van der Waals surface area contributed by atoms with Crippen LogP contribution < -0.4 is 0 Å². The molecule has 0 heterocycles. The van der Waals surface area contributed by atoms with Gasteiger partial charge in [0.2, 0.25) is 0 Å². The first-order valence-corrected chi connectivity index (χ1v) is 9.80. The molecule has 0 amide bonds. The van der Waals surface area contributed by atoms with Crippen molar-refractivity contribution >= 4 is 5.97 Å². The van der Waals surface area contributed by atoms with Gasteiger partial charge in [-0.25, -0.2) is 0 Å². The lowest BCUT2D eigenvalue weighted by atomic mass is 9.49. The van der Waals surface area contributed by atoms with E-state index in [0.29, 0.717) is 16.7 Å². The average Bonchev–Trinajstić information content (AvgIpc) is 2.89. The Morgan fingerprint density at radius 1 is 1.17 bits per heavy atom. The Kier molecular flexibility index (Phi) is 3.66.